The van der Waals surface area contributed by atoms with Gasteiger partial charge in [0.25, 0.3) is 0 Å². The molecule has 0 aliphatic rings. The lowest BCUT2D eigenvalue weighted by atomic mass is 10.1. The van der Waals surface area contributed by atoms with Crippen LogP contribution < -0.4 is 0 Å². The van der Waals surface area contributed by atoms with Crippen molar-refractivity contribution in [1.29, 1.82) is 0 Å². The zero-order valence-corrected chi connectivity index (χ0v) is 11.1. The second kappa shape index (κ2) is 5.48. The number of nitrogens with zero attached hydrogens (tertiary/aromatic N) is 4. The lowest BCUT2D eigenvalue weighted by Crippen LogP contribution is -1.94. The van der Waals surface area contributed by atoms with Gasteiger partial charge in [0.1, 0.15) is 0 Å². The van der Waals surface area contributed by atoms with Crippen molar-refractivity contribution in [2.75, 3.05) is 0 Å². The summed E-state index contributed by atoms with van der Waals surface area (Å²) in [7, 11) is 0. The van der Waals surface area contributed by atoms with Crippen molar-refractivity contribution in [2.24, 2.45) is 0 Å². The molecule has 1 aromatic carbocycles. The van der Waals surface area contributed by atoms with Gasteiger partial charge in [-0.1, -0.05) is 12.1 Å². The first-order valence-electron chi connectivity index (χ1n) is 6.38. The summed E-state index contributed by atoms with van der Waals surface area (Å²) < 4.78 is 1.84. The molecule has 0 amide bonds. The molecule has 98 valence electrons. The van der Waals surface area contributed by atoms with E-state index in [0.717, 1.165) is 22.5 Å². The molecule has 0 aliphatic carbocycles. The second-order valence-corrected chi connectivity index (χ2v) is 4.46. The summed E-state index contributed by atoms with van der Waals surface area (Å²) >= 11 is 0. The molecule has 0 radical (unpaired) electrons. The van der Waals surface area contributed by atoms with Crippen LogP contribution in [0.15, 0.2) is 61.3 Å². The highest BCUT2D eigenvalue weighted by Gasteiger charge is 2.00. The molecule has 3 aromatic rings. The van der Waals surface area contributed by atoms with E-state index in [1.165, 1.54) is 0 Å². The molecule has 4 heteroatoms. The van der Waals surface area contributed by atoms with Gasteiger partial charge in [-0.15, -0.1) is 0 Å². The van der Waals surface area contributed by atoms with Crippen LogP contribution in [0, 0.1) is 0 Å². The minimum Gasteiger partial charge on any atom is -0.261 e. The smallest absolute Gasteiger partial charge is 0.0842 e. The minimum absolute atomic E-state index is 0.886. The summed E-state index contributed by atoms with van der Waals surface area (Å²) in [5.74, 6) is 0. The van der Waals surface area contributed by atoms with Gasteiger partial charge in [-0.2, -0.15) is 5.10 Å². The number of rotatable bonds is 3. The summed E-state index contributed by atoms with van der Waals surface area (Å²) in [5.41, 5.74) is 4.12. The Bertz CT molecular complexity index is 715. The van der Waals surface area contributed by atoms with Gasteiger partial charge in [-0.25, -0.2) is 4.68 Å². The van der Waals surface area contributed by atoms with Gasteiger partial charge >= 0.3 is 0 Å². The van der Waals surface area contributed by atoms with Crippen molar-refractivity contribution in [3.8, 4) is 5.69 Å². The summed E-state index contributed by atoms with van der Waals surface area (Å²) in [5, 5.41) is 4.24. The van der Waals surface area contributed by atoms with Crippen molar-refractivity contribution >= 4 is 11.6 Å². The van der Waals surface area contributed by atoms with E-state index in [-0.39, 0.29) is 0 Å². The Morgan fingerprint density at radius 2 is 2.10 bits per heavy atom. The summed E-state index contributed by atoms with van der Waals surface area (Å²) in [4.78, 5) is 8.39. The Kier molecular flexibility index (Phi) is 3.37. The lowest BCUT2D eigenvalue weighted by Gasteiger charge is -2.04. The highest BCUT2D eigenvalue weighted by Crippen LogP contribution is 2.17. The van der Waals surface area contributed by atoms with Gasteiger partial charge < -0.3 is 0 Å². The van der Waals surface area contributed by atoms with E-state index in [2.05, 4.69) is 33.3 Å². The number of hydrogen-bond acceptors (Lipinski definition) is 3. The summed E-state index contributed by atoms with van der Waals surface area (Å²) in [6.45, 7) is 2.03. The zero-order chi connectivity index (χ0) is 13.8. The molecule has 0 spiro atoms. The first-order chi connectivity index (χ1) is 9.83. The average Bonchev–Trinajstić information content (AvgIpc) is 3.03. The van der Waals surface area contributed by atoms with Crippen molar-refractivity contribution in [3.05, 3.63) is 72.6 Å². The molecule has 0 bridgehead atoms. The highest BCUT2D eigenvalue weighted by atomic mass is 15.3. The maximum Gasteiger partial charge on any atom is 0.0842 e. The maximum atomic E-state index is 4.30. The van der Waals surface area contributed by atoms with Gasteiger partial charge in [-0.3, -0.25) is 9.97 Å². The molecule has 0 unspecified atom stereocenters. The van der Waals surface area contributed by atoms with Crippen molar-refractivity contribution in [3.63, 3.8) is 0 Å². The van der Waals surface area contributed by atoms with Gasteiger partial charge in [0.15, 0.2) is 0 Å². The first kappa shape index (κ1) is 12.3. The molecule has 0 fully saturated rings. The molecular weight excluding hydrogens is 248 g/mol. The Labute approximate surface area is 117 Å². The van der Waals surface area contributed by atoms with E-state index >= 15 is 0 Å². The molecular formula is C16H14N4. The number of benzene rings is 1. The van der Waals surface area contributed by atoms with Gasteiger partial charge in [0, 0.05) is 24.8 Å². The maximum absolute atomic E-state index is 4.30. The van der Waals surface area contributed by atoms with E-state index in [9.17, 15) is 0 Å². The molecule has 0 saturated heterocycles. The third-order valence-corrected chi connectivity index (χ3v) is 2.99. The molecule has 4 nitrogen and oxygen atoms in total. The highest BCUT2D eigenvalue weighted by molar-refractivity contribution is 5.78. The Morgan fingerprint density at radius 3 is 2.85 bits per heavy atom. The number of allylic oxidation sites excluding steroid dienone is 1. The molecule has 0 atom stereocenters. The molecule has 2 aromatic heterocycles. The van der Waals surface area contributed by atoms with Crippen LogP contribution >= 0.6 is 0 Å². The predicted molar refractivity (Wildman–Crippen MR) is 79.1 cm³/mol. The topological polar surface area (TPSA) is 43.6 Å². The average molecular weight is 262 g/mol. The van der Waals surface area contributed by atoms with Gasteiger partial charge in [0.05, 0.1) is 17.6 Å². The fourth-order valence-corrected chi connectivity index (χ4v) is 2.01. The van der Waals surface area contributed by atoms with Crippen LogP contribution in [0.2, 0.25) is 0 Å². The second-order valence-electron chi connectivity index (χ2n) is 4.46. The molecule has 0 N–H and O–H groups in total. The first-order valence-corrected chi connectivity index (χ1v) is 6.38. The fraction of sp³-hybridized carbons (Fsp3) is 0.0625. The van der Waals surface area contributed by atoms with E-state index in [4.69, 9.17) is 0 Å². The van der Waals surface area contributed by atoms with E-state index in [0.29, 0.717) is 0 Å². The Morgan fingerprint density at radius 1 is 1.15 bits per heavy atom. The van der Waals surface area contributed by atoms with E-state index in [1.54, 1.807) is 24.8 Å². The molecule has 20 heavy (non-hydrogen) atoms. The quantitative estimate of drug-likeness (QED) is 0.728. The standard InChI is InChI=1S/C16H14N4/c1-13(16-12-17-7-8-18-16)10-14-4-2-5-15(11-14)20-9-3-6-19-20/h2-12H,1H3/b13-10+. The van der Waals surface area contributed by atoms with Crippen LogP contribution in [0.5, 0.6) is 0 Å². The molecule has 2 heterocycles. The van der Waals surface area contributed by atoms with Gasteiger partial charge in [0.2, 0.25) is 0 Å². The number of aromatic nitrogens is 4. The Hall–Kier alpha value is -2.75. The van der Waals surface area contributed by atoms with Crippen molar-refractivity contribution in [1.82, 2.24) is 19.7 Å². The van der Waals surface area contributed by atoms with E-state index in [1.807, 2.05) is 36.0 Å². The van der Waals surface area contributed by atoms with Crippen molar-refractivity contribution in [2.45, 2.75) is 6.92 Å². The van der Waals surface area contributed by atoms with Crippen LogP contribution in [0.4, 0.5) is 0 Å². The molecule has 0 aliphatic heterocycles. The molecule has 3 rings (SSSR count). The number of hydrogen-bond donors (Lipinski definition) is 0. The zero-order valence-electron chi connectivity index (χ0n) is 11.1. The summed E-state index contributed by atoms with van der Waals surface area (Å²) in [6, 6.07) is 10.1. The molecule has 0 saturated carbocycles. The van der Waals surface area contributed by atoms with Crippen LogP contribution in [0.25, 0.3) is 17.3 Å². The minimum atomic E-state index is 0.886. The van der Waals surface area contributed by atoms with E-state index < -0.39 is 0 Å². The monoisotopic (exact) mass is 262 g/mol. The fourth-order valence-electron chi connectivity index (χ4n) is 2.01. The van der Waals surface area contributed by atoms with Gasteiger partial charge in [-0.05, 0) is 42.3 Å². The van der Waals surface area contributed by atoms with Crippen molar-refractivity contribution < 1.29 is 0 Å². The van der Waals surface area contributed by atoms with Crippen LogP contribution in [0.3, 0.4) is 0 Å². The Balaban J connectivity index is 1.94. The van der Waals surface area contributed by atoms with Crippen LogP contribution in [-0.4, -0.2) is 19.7 Å². The third kappa shape index (κ3) is 2.64. The SMILES string of the molecule is C/C(=C\c1cccc(-n2cccn2)c1)c1cnccn1. The van der Waals surface area contributed by atoms with Crippen LogP contribution in [0.1, 0.15) is 18.2 Å². The predicted octanol–water partition coefficient (Wildman–Crippen LogP) is 3.22. The largest absolute Gasteiger partial charge is 0.261 e. The summed E-state index contributed by atoms with van der Waals surface area (Å²) in [6.07, 6.45) is 10.9. The van der Waals surface area contributed by atoms with Crippen LogP contribution in [-0.2, 0) is 0 Å². The normalized spacial score (nSPS) is 11.6. The lowest BCUT2D eigenvalue weighted by molar-refractivity contribution is 0.880. The third-order valence-electron chi connectivity index (χ3n) is 2.99.